The van der Waals surface area contributed by atoms with Crippen LogP contribution < -0.4 is 0 Å². The highest BCUT2D eigenvalue weighted by atomic mass is 35.5. The van der Waals surface area contributed by atoms with Crippen molar-refractivity contribution >= 4 is 23.6 Å². The van der Waals surface area contributed by atoms with Gasteiger partial charge in [-0.15, -0.1) is 10.2 Å². The summed E-state index contributed by atoms with van der Waals surface area (Å²) in [5.74, 6) is -1.34. The molecule has 0 spiro atoms. The summed E-state index contributed by atoms with van der Waals surface area (Å²) in [6, 6.07) is 17.8. The molecule has 9 heteroatoms. The Bertz CT molecular complexity index is 1490. The van der Waals surface area contributed by atoms with Gasteiger partial charge < -0.3 is 9.47 Å². The predicted octanol–water partition coefficient (Wildman–Crippen LogP) is 5.68. The van der Waals surface area contributed by atoms with Crippen LogP contribution in [0.2, 0.25) is 5.02 Å². The van der Waals surface area contributed by atoms with Crippen molar-refractivity contribution in [1.29, 1.82) is 5.26 Å². The van der Waals surface area contributed by atoms with Crippen LogP contribution in [-0.2, 0) is 24.4 Å². The Hall–Kier alpha value is -4.35. The SMILES string of the molecule is Cc1cc(/C=C/C(=O)N(Cc2ccc(F)cc2F)Cc2nncn2Cc2ccc(C#N)cc2)ccc1Cl. The van der Waals surface area contributed by atoms with Gasteiger partial charge in [-0.2, -0.15) is 5.26 Å². The third kappa shape index (κ3) is 6.66. The van der Waals surface area contributed by atoms with E-state index in [1.165, 1.54) is 17.0 Å². The molecule has 0 saturated carbocycles. The fourth-order valence-electron chi connectivity index (χ4n) is 3.70. The summed E-state index contributed by atoms with van der Waals surface area (Å²) in [4.78, 5) is 14.7. The monoisotopic (exact) mass is 517 g/mol. The molecule has 0 saturated heterocycles. The molecule has 1 aromatic heterocycles. The minimum absolute atomic E-state index is 0.0376. The fraction of sp³-hybridized carbons (Fsp3) is 0.143. The third-order valence-corrected chi connectivity index (χ3v) is 6.18. The average Bonchev–Trinajstić information content (AvgIpc) is 3.32. The van der Waals surface area contributed by atoms with E-state index >= 15 is 0 Å². The zero-order chi connectivity index (χ0) is 26.4. The highest BCUT2D eigenvalue weighted by molar-refractivity contribution is 6.31. The number of nitrogens with zero attached hydrogens (tertiary/aromatic N) is 5. The van der Waals surface area contributed by atoms with Gasteiger partial charge in [0.25, 0.3) is 0 Å². The lowest BCUT2D eigenvalue weighted by atomic mass is 10.1. The Kier molecular flexibility index (Phi) is 8.06. The van der Waals surface area contributed by atoms with E-state index in [0.717, 1.165) is 28.8 Å². The van der Waals surface area contributed by atoms with Gasteiger partial charge in [-0.25, -0.2) is 8.78 Å². The van der Waals surface area contributed by atoms with Gasteiger partial charge in [0.15, 0.2) is 5.82 Å². The van der Waals surface area contributed by atoms with E-state index in [1.54, 1.807) is 41.2 Å². The van der Waals surface area contributed by atoms with Crippen LogP contribution >= 0.6 is 11.6 Å². The van der Waals surface area contributed by atoms with Crippen LogP contribution in [0.25, 0.3) is 6.08 Å². The quantitative estimate of drug-likeness (QED) is 0.282. The third-order valence-electron chi connectivity index (χ3n) is 5.75. The molecule has 1 heterocycles. The van der Waals surface area contributed by atoms with Gasteiger partial charge in [0.1, 0.15) is 18.0 Å². The van der Waals surface area contributed by atoms with E-state index < -0.39 is 11.6 Å². The van der Waals surface area contributed by atoms with Crippen LogP contribution in [0.15, 0.2) is 73.1 Å². The minimum Gasteiger partial charge on any atom is -0.327 e. The molecule has 0 bridgehead atoms. The van der Waals surface area contributed by atoms with Crippen LogP contribution in [-0.4, -0.2) is 25.6 Å². The molecule has 3 aromatic carbocycles. The van der Waals surface area contributed by atoms with Crippen molar-refractivity contribution in [3.8, 4) is 6.07 Å². The molecule has 0 unspecified atom stereocenters. The van der Waals surface area contributed by atoms with E-state index in [1.807, 2.05) is 25.1 Å². The highest BCUT2D eigenvalue weighted by Crippen LogP contribution is 2.19. The smallest absolute Gasteiger partial charge is 0.247 e. The maximum Gasteiger partial charge on any atom is 0.247 e. The molecule has 0 N–H and O–H groups in total. The molecule has 6 nitrogen and oxygen atoms in total. The summed E-state index contributed by atoms with van der Waals surface area (Å²) in [6.45, 7) is 2.22. The second-order valence-corrected chi connectivity index (χ2v) is 8.86. The second-order valence-electron chi connectivity index (χ2n) is 8.46. The Morgan fingerprint density at radius 2 is 1.89 bits per heavy atom. The molecule has 186 valence electrons. The molecular weight excluding hydrogens is 496 g/mol. The zero-order valence-electron chi connectivity index (χ0n) is 19.9. The van der Waals surface area contributed by atoms with Crippen molar-refractivity contribution < 1.29 is 13.6 Å². The number of nitriles is 1. The van der Waals surface area contributed by atoms with Gasteiger partial charge in [-0.3, -0.25) is 4.79 Å². The lowest BCUT2D eigenvalue weighted by molar-refractivity contribution is -0.127. The first-order valence-electron chi connectivity index (χ1n) is 11.3. The molecule has 0 radical (unpaired) electrons. The normalized spacial score (nSPS) is 11.0. The van der Waals surface area contributed by atoms with Crippen molar-refractivity contribution in [2.24, 2.45) is 0 Å². The topological polar surface area (TPSA) is 74.8 Å². The van der Waals surface area contributed by atoms with E-state index in [0.29, 0.717) is 23.0 Å². The number of aromatic nitrogens is 3. The summed E-state index contributed by atoms with van der Waals surface area (Å²) in [6.07, 6.45) is 4.59. The number of hydrogen-bond acceptors (Lipinski definition) is 4. The maximum absolute atomic E-state index is 14.5. The highest BCUT2D eigenvalue weighted by Gasteiger charge is 2.18. The largest absolute Gasteiger partial charge is 0.327 e. The number of carbonyl (C=O) groups excluding carboxylic acids is 1. The summed E-state index contributed by atoms with van der Waals surface area (Å²) < 4.78 is 29.7. The molecule has 0 atom stereocenters. The van der Waals surface area contributed by atoms with E-state index in [-0.39, 0.29) is 24.6 Å². The van der Waals surface area contributed by atoms with Crippen LogP contribution in [0.1, 0.15) is 33.6 Å². The fourth-order valence-corrected chi connectivity index (χ4v) is 3.81. The number of aryl methyl sites for hydroxylation is 1. The van der Waals surface area contributed by atoms with Crippen molar-refractivity contribution in [3.05, 3.63) is 123 Å². The lowest BCUT2D eigenvalue weighted by Gasteiger charge is -2.22. The number of benzene rings is 3. The Morgan fingerprint density at radius 1 is 1.11 bits per heavy atom. The molecule has 1 amide bonds. The number of halogens is 3. The van der Waals surface area contributed by atoms with Crippen LogP contribution in [0.5, 0.6) is 0 Å². The Labute approximate surface area is 218 Å². The Morgan fingerprint density at radius 3 is 2.59 bits per heavy atom. The minimum atomic E-state index is -0.742. The van der Waals surface area contributed by atoms with Gasteiger partial charge in [0.2, 0.25) is 5.91 Å². The van der Waals surface area contributed by atoms with Gasteiger partial charge >= 0.3 is 0 Å². The Balaban J connectivity index is 1.58. The van der Waals surface area contributed by atoms with Gasteiger partial charge in [0, 0.05) is 29.3 Å². The summed E-state index contributed by atoms with van der Waals surface area (Å²) in [5, 5.41) is 17.8. The molecule has 0 fully saturated rings. The molecule has 4 aromatic rings. The molecule has 0 aliphatic rings. The van der Waals surface area contributed by atoms with E-state index in [4.69, 9.17) is 16.9 Å². The summed E-state index contributed by atoms with van der Waals surface area (Å²) in [7, 11) is 0. The van der Waals surface area contributed by atoms with Crippen LogP contribution in [0, 0.1) is 29.9 Å². The lowest BCUT2D eigenvalue weighted by Crippen LogP contribution is -2.30. The molecule has 37 heavy (non-hydrogen) atoms. The molecule has 0 aliphatic carbocycles. The second kappa shape index (κ2) is 11.6. The van der Waals surface area contributed by atoms with Crippen LogP contribution in [0.4, 0.5) is 8.78 Å². The first-order chi connectivity index (χ1) is 17.8. The number of rotatable bonds is 8. The number of hydrogen-bond donors (Lipinski definition) is 0. The molecule has 4 rings (SSSR count). The van der Waals surface area contributed by atoms with Crippen molar-refractivity contribution in [2.75, 3.05) is 0 Å². The van der Waals surface area contributed by atoms with Crippen molar-refractivity contribution in [3.63, 3.8) is 0 Å². The van der Waals surface area contributed by atoms with Crippen LogP contribution in [0.3, 0.4) is 0 Å². The first kappa shape index (κ1) is 25.7. The van der Waals surface area contributed by atoms with Gasteiger partial charge in [-0.1, -0.05) is 41.9 Å². The maximum atomic E-state index is 14.5. The van der Waals surface area contributed by atoms with Crippen molar-refractivity contribution in [1.82, 2.24) is 19.7 Å². The first-order valence-corrected chi connectivity index (χ1v) is 11.7. The summed E-state index contributed by atoms with van der Waals surface area (Å²) >= 11 is 6.09. The standard InChI is InChI=1S/C28H22ClF2N5O/c1-19-12-20(6-10-25(19)29)7-11-28(37)35(16-23-8-9-24(30)13-26(23)31)17-27-34-33-18-36(27)15-22-4-2-21(14-32)3-5-22/h2-13,18H,15-17H2,1H3/b11-7+. The van der Waals surface area contributed by atoms with Gasteiger partial charge in [0.05, 0.1) is 24.7 Å². The number of amides is 1. The van der Waals surface area contributed by atoms with E-state index in [2.05, 4.69) is 16.3 Å². The zero-order valence-corrected chi connectivity index (χ0v) is 20.7. The molecular formula is C28H22ClF2N5O. The van der Waals surface area contributed by atoms with E-state index in [9.17, 15) is 13.6 Å². The number of carbonyl (C=O) groups is 1. The van der Waals surface area contributed by atoms with Gasteiger partial charge in [-0.05, 0) is 54.0 Å². The predicted molar refractivity (Wildman–Crippen MR) is 136 cm³/mol. The average molecular weight is 518 g/mol. The summed E-state index contributed by atoms with van der Waals surface area (Å²) in [5.41, 5.74) is 3.29. The molecule has 0 aliphatic heterocycles. The van der Waals surface area contributed by atoms with Crippen molar-refractivity contribution in [2.45, 2.75) is 26.6 Å².